The number of likely N-dealkylation sites (tertiary alicyclic amines) is 1. The normalized spacial score (nSPS) is 26.0. The van der Waals surface area contributed by atoms with Gasteiger partial charge < -0.3 is 25.3 Å². The Bertz CT molecular complexity index is 1210. The first-order valence-electron chi connectivity index (χ1n) is 13.5. The number of carbonyl (C=O) groups is 4. The average molecular weight is 509 g/mol. The number of aromatic amines is 1. The van der Waals surface area contributed by atoms with Crippen LogP contribution in [0, 0.1) is 17.8 Å². The van der Waals surface area contributed by atoms with Gasteiger partial charge in [0.15, 0.2) is 5.78 Å². The van der Waals surface area contributed by atoms with E-state index in [1.54, 1.807) is 25.0 Å². The highest BCUT2D eigenvalue weighted by Gasteiger charge is 2.49. The van der Waals surface area contributed by atoms with Crippen LogP contribution in [-0.2, 0) is 14.4 Å². The van der Waals surface area contributed by atoms with Gasteiger partial charge in [0, 0.05) is 36.3 Å². The lowest BCUT2D eigenvalue weighted by Gasteiger charge is -2.31. The largest absolute Gasteiger partial charge is 0.496 e. The molecule has 3 amide bonds. The number of aromatic nitrogens is 1. The van der Waals surface area contributed by atoms with Gasteiger partial charge in [-0.2, -0.15) is 0 Å². The summed E-state index contributed by atoms with van der Waals surface area (Å²) in [5.74, 6) is 0.0363. The summed E-state index contributed by atoms with van der Waals surface area (Å²) in [6.45, 7) is 2.88. The molecule has 2 saturated heterocycles. The summed E-state index contributed by atoms with van der Waals surface area (Å²) in [6, 6.07) is 6.01. The van der Waals surface area contributed by atoms with Crippen molar-refractivity contribution < 1.29 is 23.9 Å². The van der Waals surface area contributed by atoms with Gasteiger partial charge in [0.05, 0.1) is 13.2 Å². The van der Waals surface area contributed by atoms with Crippen molar-refractivity contribution in [2.45, 2.75) is 64.0 Å². The Morgan fingerprint density at radius 3 is 2.73 bits per heavy atom. The Morgan fingerprint density at radius 2 is 2.00 bits per heavy atom. The van der Waals surface area contributed by atoms with Crippen molar-refractivity contribution >= 4 is 34.4 Å². The Kier molecular flexibility index (Phi) is 7.22. The maximum absolute atomic E-state index is 13.8. The SMILES string of the molecule is CCC(=O)[C@H](C[C@@H]1CCNC1=O)NC(=O)[C@@H]1[C@H]2CCCC[C@H]2CN1C(=O)c1cc2c(OC)cccc2[nH]1. The first-order chi connectivity index (χ1) is 17.9. The Labute approximate surface area is 216 Å². The Hall–Kier alpha value is -3.36. The minimum atomic E-state index is -0.733. The molecule has 1 aromatic carbocycles. The lowest BCUT2D eigenvalue weighted by atomic mass is 9.78. The standard InChI is InChI=1S/C28H36N4O5/c1-3-23(33)21(13-16-11-12-29-26(16)34)31-27(35)25-18-8-5-4-7-17(18)15-32(25)28(36)22-14-19-20(30-22)9-6-10-24(19)37-2/h6,9-10,14,16-18,21,25,30H,3-5,7-8,11-13,15H2,1-2H3,(H,29,34)(H,31,35)/t16-,17-,18-,21-,25-/m0/s1. The molecule has 1 aromatic heterocycles. The van der Waals surface area contributed by atoms with Gasteiger partial charge in [0.2, 0.25) is 11.8 Å². The monoisotopic (exact) mass is 508 g/mol. The third-order valence-corrected chi connectivity index (χ3v) is 8.48. The van der Waals surface area contributed by atoms with E-state index >= 15 is 0 Å². The van der Waals surface area contributed by atoms with Crippen molar-refractivity contribution in [1.82, 2.24) is 20.5 Å². The molecule has 0 radical (unpaired) electrons. The minimum Gasteiger partial charge on any atom is -0.496 e. The smallest absolute Gasteiger partial charge is 0.271 e. The molecule has 198 valence electrons. The third-order valence-electron chi connectivity index (χ3n) is 8.48. The van der Waals surface area contributed by atoms with Gasteiger partial charge in [-0.25, -0.2) is 0 Å². The summed E-state index contributed by atoms with van der Waals surface area (Å²) < 4.78 is 5.45. The van der Waals surface area contributed by atoms with Crippen molar-refractivity contribution in [3.8, 4) is 5.75 Å². The summed E-state index contributed by atoms with van der Waals surface area (Å²) in [5, 5.41) is 6.60. The van der Waals surface area contributed by atoms with Gasteiger partial charge in [-0.05, 0) is 55.7 Å². The van der Waals surface area contributed by atoms with Gasteiger partial charge in [0.1, 0.15) is 17.5 Å². The van der Waals surface area contributed by atoms with Crippen LogP contribution in [0.1, 0.15) is 62.4 Å². The van der Waals surface area contributed by atoms with Gasteiger partial charge in [-0.1, -0.05) is 25.8 Å². The quantitative estimate of drug-likeness (QED) is 0.506. The van der Waals surface area contributed by atoms with Crippen LogP contribution >= 0.6 is 0 Å². The molecule has 9 heteroatoms. The van der Waals surface area contributed by atoms with Gasteiger partial charge in [-0.15, -0.1) is 0 Å². The zero-order valence-corrected chi connectivity index (χ0v) is 21.5. The van der Waals surface area contributed by atoms with Crippen molar-refractivity contribution in [2.75, 3.05) is 20.2 Å². The van der Waals surface area contributed by atoms with Gasteiger partial charge in [-0.3, -0.25) is 19.2 Å². The van der Waals surface area contributed by atoms with E-state index in [0.717, 1.165) is 36.6 Å². The summed E-state index contributed by atoms with van der Waals surface area (Å²) in [7, 11) is 1.60. The fraction of sp³-hybridized carbons (Fsp3) is 0.571. The molecule has 1 aliphatic carbocycles. The Morgan fingerprint density at radius 1 is 1.19 bits per heavy atom. The first-order valence-corrected chi connectivity index (χ1v) is 13.5. The number of methoxy groups -OCH3 is 1. The third kappa shape index (κ3) is 4.83. The number of hydrogen-bond acceptors (Lipinski definition) is 5. The van der Waals surface area contributed by atoms with Crippen LogP contribution < -0.4 is 15.4 Å². The van der Waals surface area contributed by atoms with Crippen LogP contribution in [0.2, 0.25) is 0 Å². The lowest BCUT2D eigenvalue weighted by Crippen LogP contribution is -2.53. The molecule has 0 unspecified atom stereocenters. The van der Waals surface area contributed by atoms with E-state index in [1.165, 1.54) is 0 Å². The molecule has 9 nitrogen and oxygen atoms in total. The van der Waals surface area contributed by atoms with Gasteiger partial charge in [0.25, 0.3) is 5.91 Å². The van der Waals surface area contributed by atoms with Gasteiger partial charge >= 0.3 is 0 Å². The molecule has 2 aliphatic heterocycles. The summed E-state index contributed by atoms with van der Waals surface area (Å²) in [4.78, 5) is 57.5. The molecule has 0 spiro atoms. The first kappa shape index (κ1) is 25.3. The topological polar surface area (TPSA) is 121 Å². The van der Waals surface area contributed by atoms with E-state index in [-0.39, 0.29) is 47.7 Å². The molecule has 5 atom stereocenters. The molecule has 3 fully saturated rings. The van der Waals surface area contributed by atoms with Crippen molar-refractivity contribution in [3.63, 3.8) is 0 Å². The number of hydrogen-bond donors (Lipinski definition) is 3. The van der Waals surface area contributed by atoms with E-state index in [1.807, 2.05) is 18.2 Å². The molecule has 2 aromatic rings. The number of ketones is 1. The maximum atomic E-state index is 13.8. The number of rotatable bonds is 8. The van der Waals surface area contributed by atoms with Crippen LogP contribution in [0.4, 0.5) is 0 Å². The highest BCUT2D eigenvalue weighted by molar-refractivity contribution is 6.02. The lowest BCUT2D eigenvalue weighted by molar-refractivity contribution is -0.132. The number of nitrogens with one attached hydrogen (secondary N) is 3. The predicted molar refractivity (Wildman–Crippen MR) is 138 cm³/mol. The number of amides is 3. The number of ether oxygens (including phenoxy) is 1. The Balaban J connectivity index is 1.41. The highest BCUT2D eigenvalue weighted by Crippen LogP contribution is 2.41. The van der Waals surface area contributed by atoms with E-state index in [2.05, 4.69) is 15.6 Å². The molecule has 3 N–H and O–H groups in total. The molecule has 3 aliphatic rings. The molecular weight excluding hydrogens is 472 g/mol. The van der Waals surface area contributed by atoms with Crippen LogP contribution in [-0.4, -0.2) is 65.7 Å². The molecule has 1 saturated carbocycles. The second-order valence-electron chi connectivity index (χ2n) is 10.6. The molecule has 3 heterocycles. The highest BCUT2D eigenvalue weighted by atomic mass is 16.5. The number of Topliss-reactive ketones (excluding diaryl/α,β-unsaturated/α-hetero) is 1. The van der Waals surface area contributed by atoms with E-state index < -0.39 is 12.1 Å². The second-order valence-corrected chi connectivity index (χ2v) is 10.6. The number of H-pyrrole nitrogens is 1. The molecule has 5 rings (SSSR count). The van der Waals surface area contributed by atoms with Crippen LogP contribution in [0.3, 0.4) is 0 Å². The fourth-order valence-corrected chi connectivity index (χ4v) is 6.53. The predicted octanol–water partition coefficient (Wildman–Crippen LogP) is 2.80. The van der Waals surface area contributed by atoms with Crippen molar-refractivity contribution in [3.05, 3.63) is 30.0 Å². The molecule has 37 heavy (non-hydrogen) atoms. The zero-order chi connectivity index (χ0) is 26.1. The number of benzene rings is 1. The summed E-state index contributed by atoms with van der Waals surface area (Å²) in [6.07, 6.45) is 5.20. The zero-order valence-electron chi connectivity index (χ0n) is 21.5. The van der Waals surface area contributed by atoms with Crippen molar-refractivity contribution in [2.24, 2.45) is 17.8 Å². The van der Waals surface area contributed by atoms with Crippen LogP contribution in [0.15, 0.2) is 24.3 Å². The maximum Gasteiger partial charge on any atom is 0.271 e. The fourth-order valence-electron chi connectivity index (χ4n) is 6.53. The van der Waals surface area contributed by atoms with E-state index in [0.29, 0.717) is 37.4 Å². The number of nitrogens with zero attached hydrogens (tertiary/aromatic N) is 1. The van der Waals surface area contributed by atoms with E-state index in [9.17, 15) is 19.2 Å². The molecular formula is C28H36N4O5. The van der Waals surface area contributed by atoms with Crippen LogP contribution in [0.25, 0.3) is 10.9 Å². The average Bonchev–Trinajstić information content (AvgIpc) is 3.63. The molecule has 0 bridgehead atoms. The number of fused-ring (bicyclic) bond motifs is 2. The van der Waals surface area contributed by atoms with E-state index in [4.69, 9.17) is 4.74 Å². The second kappa shape index (κ2) is 10.6. The summed E-state index contributed by atoms with van der Waals surface area (Å²) in [5.41, 5.74) is 1.21. The minimum absolute atomic E-state index is 0.0590. The van der Waals surface area contributed by atoms with Crippen molar-refractivity contribution in [1.29, 1.82) is 0 Å². The van der Waals surface area contributed by atoms with Crippen LogP contribution in [0.5, 0.6) is 5.75 Å². The number of carbonyl (C=O) groups excluding carboxylic acids is 4. The summed E-state index contributed by atoms with van der Waals surface area (Å²) >= 11 is 0.